The maximum absolute atomic E-state index is 10.9. The monoisotopic (exact) mass is 2130 g/mol. The molecule has 0 aliphatic carbocycles. The van der Waals surface area contributed by atoms with E-state index in [4.69, 9.17) is 13.3 Å². The minimum atomic E-state index is -3.02. The van der Waals surface area contributed by atoms with Gasteiger partial charge in [-0.1, -0.05) is 424 Å². The van der Waals surface area contributed by atoms with Gasteiger partial charge in [0, 0.05) is 119 Å². The number of nitrogens with one attached hydrogen (secondary N) is 1. The Hall–Kier alpha value is -11.7. The van der Waals surface area contributed by atoms with Crippen molar-refractivity contribution < 1.29 is 46.8 Å². The Morgan fingerprint density at radius 2 is 0.932 bits per heavy atom. The number of pyridine rings is 1. The lowest BCUT2D eigenvalue weighted by atomic mass is 9.87. The van der Waals surface area contributed by atoms with E-state index < -0.39 is 9.84 Å². The summed E-state index contributed by atoms with van der Waals surface area (Å²) < 4.78 is 62.0. The number of nitrogens with zero attached hydrogens (tertiary/aromatic N) is 10. The summed E-state index contributed by atoms with van der Waals surface area (Å²) in [4.78, 5) is 17.7. The van der Waals surface area contributed by atoms with Gasteiger partial charge in [0.05, 0.1) is 35.5 Å². The van der Waals surface area contributed by atoms with Crippen molar-refractivity contribution in [3.8, 4) is 0 Å². The average Bonchev–Trinajstić information content (AvgIpc) is 1.66. The number of thiophene rings is 3. The van der Waals surface area contributed by atoms with Gasteiger partial charge < -0.3 is 28.6 Å². The average molecular weight is 2130 g/mol. The summed E-state index contributed by atoms with van der Waals surface area (Å²) in [7, 11) is -3.02. The van der Waals surface area contributed by atoms with Crippen LogP contribution in [0.25, 0.3) is 63.7 Å². The Kier molecular flexibility index (Phi) is 44.5. The van der Waals surface area contributed by atoms with Crippen LogP contribution in [0.4, 0.5) is 0 Å². The molecule has 1 N–H and O–H groups in total. The van der Waals surface area contributed by atoms with Crippen LogP contribution in [-0.4, -0.2) is 53.2 Å². The van der Waals surface area contributed by atoms with E-state index in [0.717, 1.165) is 39.6 Å². The second kappa shape index (κ2) is 52.7. The van der Waals surface area contributed by atoms with Gasteiger partial charge in [0.1, 0.15) is 28.4 Å². The van der Waals surface area contributed by atoms with Crippen molar-refractivity contribution in [2.45, 2.75) is 337 Å². The summed E-state index contributed by atoms with van der Waals surface area (Å²) in [5, 5.41) is 62.5. The minimum Gasteiger partial charge on any atom is -0.468 e. The van der Waals surface area contributed by atoms with Crippen LogP contribution >= 0.6 is 57.1 Å². The van der Waals surface area contributed by atoms with Crippen LogP contribution in [0.2, 0.25) is 0 Å². The number of sulfone groups is 1. The van der Waals surface area contributed by atoms with Crippen LogP contribution in [0.5, 0.6) is 0 Å². The highest BCUT2D eigenvalue weighted by Gasteiger charge is 2.29. The van der Waals surface area contributed by atoms with Gasteiger partial charge in [-0.05, 0) is 163 Å². The molecule has 802 valence electrons. The van der Waals surface area contributed by atoms with Gasteiger partial charge in [0.25, 0.3) is 0 Å². The van der Waals surface area contributed by atoms with Gasteiger partial charge in [0.15, 0.2) is 16.0 Å². The number of allylic oxidation sites excluding steroid dienone is 2. The zero-order valence-corrected chi connectivity index (χ0v) is 100. The Bertz CT molecular complexity index is 6600. The summed E-state index contributed by atoms with van der Waals surface area (Å²) in [6.07, 6.45) is 13.2. The van der Waals surface area contributed by atoms with Crippen LogP contribution in [0, 0.1) is 21.2 Å². The Balaban J connectivity index is 0.000000283. The predicted molar refractivity (Wildman–Crippen MR) is 625 cm³/mol. The molecule has 0 unspecified atom stereocenters. The fraction of sp³-hybridized carbons (Fsp3) is 0.442. The van der Waals surface area contributed by atoms with Crippen LogP contribution in [0.15, 0.2) is 290 Å². The number of fused-ring (bicyclic) bond motifs is 6. The summed E-state index contributed by atoms with van der Waals surface area (Å²) in [6.45, 7) is 85.4. The number of hydrogen-bond donors (Lipinski definition) is 1. The lowest BCUT2D eigenvalue weighted by Gasteiger charge is -2.17. The molecule has 12 aromatic heterocycles. The van der Waals surface area contributed by atoms with Crippen LogP contribution < -0.4 is 15.4 Å². The molecule has 6 aromatic carbocycles. The summed E-state index contributed by atoms with van der Waals surface area (Å²) in [5.74, 6) is 2.12. The number of furan rings is 3. The van der Waals surface area contributed by atoms with Gasteiger partial charge in [0.2, 0.25) is 23.1 Å². The molecular formula is C120H165N11O11S6. The molecule has 13 heterocycles. The molecule has 1 aliphatic rings. The van der Waals surface area contributed by atoms with Crippen LogP contribution in [-0.2, 0) is 69.4 Å². The zero-order chi connectivity index (χ0) is 111. The van der Waals surface area contributed by atoms with Crippen molar-refractivity contribution in [1.29, 1.82) is 0 Å². The summed E-state index contributed by atoms with van der Waals surface area (Å²) in [6, 6.07) is 59.7. The molecule has 0 bridgehead atoms. The van der Waals surface area contributed by atoms with E-state index in [1.54, 1.807) is 30.6 Å². The first-order chi connectivity index (χ1) is 68.0. The molecule has 18 aromatic rings. The molecule has 22 nitrogen and oxygen atoms in total. The standard InChI is InChI=1S/3C12H14O.3C12H14S.C8H12O2S.2C6H10N2O2.C6H10N2O.2C6H10N2S.C5H5NO.C5H12.H2/c1-12(2,3)10-8-13-11-7-5-4-6-9(10)11;1-12(2,3)11-10-7-5-4-6-9(10)8-13-11;1-12(2,3)11-8-9-6-4-5-7-10(9)13-11;1-12(2,3)10-8-13-11-7-5-4-6-9(10)11;1-12(2,3)11-10-7-5-4-6-9(10)8-13-11;1-12(2,3)11-8-9-6-4-5-7-10(9)13-11;1-8(2,3)7-4-5-11(9,10)6-7;1-6(2,3)5-4-8(9)10-7-5;1-6(2,3)5-4-7-10-8(5)9;1-6(2,3)5-4-7-9-8-5;1-6(2,3)5-4-9-8-7-5;1-6(2,3)5-4-7-8-9-5;7-5-3-1-2-4-6-5;1-5(2,3)4;/h6*4-8H,1-3H3;4-6H,1-3H3;2*4H,1-3H3;3*4H,1-3H3;1-4H,(H,6,7);1-4H3;1H. The Morgan fingerprint density at radius 3 is 1.32 bits per heavy atom. The molecule has 0 saturated heterocycles. The highest BCUT2D eigenvalue weighted by Crippen LogP contribution is 2.40. The molecule has 0 atom stereocenters. The molecule has 1 aliphatic heterocycles. The molecule has 19 rings (SSSR count). The highest BCUT2D eigenvalue weighted by atomic mass is 32.2. The van der Waals surface area contributed by atoms with E-state index in [0.29, 0.717) is 26.6 Å². The van der Waals surface area contributed by atoms with Crippen molar-refractivity contribution in [2.75, 3.05) is 0 Å². The lowest BCUT2D eigenvalue weighted by molar-refractivity contribution is -0.810. The second-order valence-corrected chi connectivity index (χ2v) is 55.8. The fourth-order valence-corrected chi connectivity index (χ4v) is 18.8. The maximum atomic E-state index is 10.9. The SMILES string of the molecule is CC(C)(C)C.CC(C)(C)C1=CS(=O)(=O)C=C1.CC(C)(C)c1c[n+]([O-])on1.CC(C)(C)c1cc2ccccc2o1.CC(C)(C)c1cc2ccccc2s1.CC(C)(C)c1cnns1.CC(C)(C)c1cno[n+]1[O-].CC(C)(C)c1cnon1.CC(C)(C)c1coc2ccccc12.CC(C)(C)c1csc2ccccc12.CC(C)(C)c1csnn1.CC(C)(C)c1occ2ccccc12.CC(C)(C)c1scc2ccccc12.O=c1cccc[nH]1.[HH]. The van der Waals surface area contributed by atoms with Crippen LogP contribution in [0.1, 0.15) is 338 Å². The smallest absolute Gasteiger partial charge is 0.247 e. The molecular weight excluding hydrogens is 1960 g/mol. The van der Waals surface area contributed by atoms with Gasteiger partial charge in [-0.15, -0.1) is 44.2 Å². The van der Waals surface area contributed by atoms with Gasteiger partial charge in [-0.2, -0.15) is 0 Å². The molecule has 0 saturated carbocycles. The van der Waals surface area contributed by atoms with Crippen molar-refractivity contribution in [2.24, 2.45) is 10.8 Å². The van der Waals surface area contributed by atoms with Gasteiger partial charge in [-0.3, -0.25) is 14.1 Å². The fourth-order valence-electron chi connectivity index (χ4n) is 12.9. The minimum absolute atomic E-state index is 0. The predicted octanol–water partition coefficient (Wildman–Crippen LogP) is 34.6. The first kappa shape index (κ1) is 125. The van der Waals surface area contributed by atoms with Gasteiger partial charge in [-0.25, -0.2) is 13.0 Å². The van der Waals surface area contributed by atoms with Gasteiger partial charge >= 0.3 is 0 Å². The van der Waals surface area contributed by atoms with Crippen LogP contribution in [0.3, 0.4) is 0 Å². The topological polar surface area (TPSA) is 303 Å². The first-order valence-corrected chi connectivity index (χ1v) is 55.4. The number of para-hydroxylation sites is 2. The summed E-state index contributed by atoms with van der Waals surface area (Å²) >= 11 is 8.49. The molecule has 0 fully saturated rings. The Labute approximate surface area is 901 Å². The molecule has 0 radical (unpaired) electrons. The van der Waals surface area contributed by atoms with E-state index >= 15 is 0 Å². The molecule has 28 heteroatoms. The second-order valence-electron chi connectivity index (χ2n) is 49.9. The molecule has 0 spiro atoms. The van der Waals surface area contributed by atoms with Crippen molar-refractivity contribution in [3.05, 3.63) is 339 Å². The van der Waals surface area contributed by atoms with E-state index in [9.17, 15) is 23.6 Å². The lowest BCUT2D eigenvalue weighted by Crippen LogP contribution is -2.34. The molecule has 0 amide bonds. The quantitative estimate of drug-likeness (QED) is 0.138. The normalized spacial score (nSPS) is 12.7. The first-order valence-electron chi connectivity index (χ1n) is 49.6. The number of rotatable bonds is 0. The van der Waals surface area contributed by atoms with E-state index in [-0.39, 0.29) is 72.0 Å². The third-order valence-corrected chi connectivity index (χ3v) is 28.0. The highest BCUT2D eigenvalue weighted by molar-refractivity contribution is 7.97. The third-order valence-electron chi connectivity index (χ3n) is 21.4. The number of aromatic nitrogens is 11. The molecule has 148 heavy (non-hydrogen) atoms. The number of H-pyrrole nitrogens is 1. The maximum Gasteiger partial charge on any atom is 0.247 e. The third kappa shape index (κ3) is 42.4. The Morgan fingerprint density at radius 1 is 0.405 bits per heavy atom. The number of benzene rings is 6. The van der Waals surface area contributed by atoms with E-state index in [1.165, 1.54) is 131 Å². The largest absolute Gasteiger partial charge is 0.468 e. The summed E-state index contributed by atoms with van der Waals surface area (Å²) in [5.41, 5.74) is 10.4. The number of hydrogen-bond acceptors (Lipinski definition) is 24. The van der Waals surface area contributed by atoms with Crippen molar-refractivity contribution >= 4 is 131 Å². The van der Waals surface area contributed by atoms with E-state index in [1.807, 2.05) is 169 Å². The van der Waals surface area contributed by atoms with E-state index in [2.05, 4.69) is 393 Å². The number of aromatic amines is 1. The van der Waals surface area contributed by atoms with Crippen molar-refractivity contribution in [1.82, 2.24) is 44.8 Å². The zero-order valence-electron chi connectivity index (χ0n) is 95.2. The van der Waals surface area contributed by atoms with Crippen molar-refractivity contribution in [3.63, 3.8) is 0 Å².